The van der Waals surface area contributed by atoms with Crippen LogP contribution < -0.4 is 11.1 Å². The molecular weight excluding hydrogens is 368 g/mol. The minimum Gasteiger partial charge on any atom is -0.465 e. The minimum absolute atomic E-state index is 0.0585. The monoisotopic (exact) mass is 398 g/mol. The van der Waals surface area contributed by atoms with E-state index in [-0.39, 0.29) is 12.5 Å². The number of ether oxygens (including phenoxy) is 1. The lowest BCUT2D eigenvalue weighted by Gasteiger charge is -2.15. The number of nitrogens with two attached hydrogens (primary N) is 1. The van der Waals surface area contributed by atoms with E-state index in [9.17, 15) is 4.79 Å². The molecule has 8 nitrogen and oxygen atoms in total. The molecule has 0 spiro atoms. The molecule has 0 radical (unpaired) electrons. The summed E-state index contributed by atoms with van der Waals surface area (Å²) in [6, 6.07) is 2.05. The number of hydrogen-bond donors (Lipinski definition) is 2. The Labute approximate surface area is 171 Å². The van der Waals surface area contributed by atoms with Gasteiger partial charge in [0.15, 0.2) is 0 Å². The third-order valence-corrected chi connectivity index (χ3v) is 5.12. The van der Waals surface area contributed by atoms with Crippen molar-refractivity contribution in [2.75, 3.05) is 18.5 Å². The summed E-state index contributed by atoms with van der Waals surface area (Å²) in [6.45, 7) is 3.02. The summed E-state index contributed by atoms with van der Waals surface area (Å²) in [6.07, 6.45) is 14.7. The van der Waals surface area contributed by atoms with Crippen molar-refractivity contribution in [1.29, 1.82) is 0 Å². The Morgan fingerprint density at radius 1 is 1.38 bits per heavy atom. The average molecular weight is 399 g/mol. The van der Waals surface area contributed by atoms with Gasteiger partial charge in [-0.3, -0.25) is 9.79 Å². The molecule has 2 aromatic heterocycles. The normalized spacial score (nSPS) is 16.2. The zero-order valence-corrected chi connectivity index (χ0v) is 17.0. The molecule has 0 amide bonds. The molecule has 0 saturated heterocycles. The van der Waals surface area contributed by atoms with Crippen LogP contribution in [0.5, 0.6) is 0 Å². The molecule has 0 unspecified atom stereocenters. The fourth-order valence-electron chi connectivity index (χ4n) is 3.67. The first-order chi connectivity index (χ1) is 14.2. The van der Waals surface area contributed by atoms with Crippen molar-refractivity contribution in [2.45, 2.75) is 52.0 Å². The van der Waals surface area contributed by atoms with Crippen molar-refractivity contribution in [3.63, 3.8) is 0 Å². The van der Waals surface area contributed by atoms with Crippen molar-refractivity contribution in [2.24, 2.45) is 16.6 Å². The zero-order valence-electron chi connectivity index (χ0n) is 17.0. The third kappa shape index (κ3) is 6.04. The number of aromatic nitrogens is 3. The fourth-order valence-corrected chi connectivity index (χ4v) is 3.67. The van der Waals surface area contributed by atoms with Gasteiger partial charge in [-0.25, -0.2) is 4.98 Å². The number of aliphatic imine (C=N–C) groups is 1. The van der Waals surface area contributed by atoms with Gasteiger partial charge in [-0.15, -0.1) is 0 Å². The van der Waals surface area contributed by atoms with Gasteiger partial charge in [0.25, 0.3) is 0 Å². The molecule has 1 aliphatic rings. The second kappa shape index (κ2) is 10.6. The van der Waals surface area contributed by atoms with E-state index >= 15 is 0 Å². The number of carbonyl (C=O) groups excluding carboxylic acids is 1. The van der Waals surface area contributed by atoms with E-state index in [1.54, 1.807) is 13.1 Å². The number of hydrogen-bond acceptors (Lipinski definition) is 7. The molecule has 1 fully saturated rings. The molecule has 8 heteroatoms. The average Bonchev–Trinajstić information content (AvgIpc) is 2.93. The van der Waals surface area contributed by atoms with Crippen molar-refractivity contribution in [1.82, 2.24) is 14.5 Å². The van der Waals surface area contributed by atoms with Crippen LogP contribution >= 0.6 is 0 Å². The van der Waals surface area contributed by atoms with Gasteiger partial charge >= 0.3 is 5.97 Å². The predicted molar refractivity (Wildman–Crippen MR) is 115 cm³/mol. The molecule has 3 rings (SSSR count). The number of anilines is 1. The van der Waals surface area contributed by atoms with E-state index in [0.717, 1.165) is 17.6 Å². The number of nitrogens with zero attached hydrogens (tertiary/aromatic N) is 4. The summed E-state index contributed by atoms with van der Waals surface area (Å²) >= 11 is 0. The lowest BCUT2D eigenvalue weighted by Crippen LogP contribution is -2.12. The van der Waals surface area contributed by atoms with Gasteiger partial charge in [-0.2, -0.15) is 4.98 Å². The molecule has 2 heterocycles. The maximum absolute atomic E-state index is 11.4. The molecule has 3 N–H and O–H groups in total. The Balaban J connectivity index is 1.68. The van der Waals surface area contributed by atoms with Gasteiger partial charge in [-0.05, 0) is 31.7 Å². The molecule has 0 aromatic carbocycles. The van der Waals surface area contributed by atoms with E-state index in [0.29, 0.717) is 24.2 Å². The quantitative estimate of drug-likeness (QED) is 0.401. The standard InChI is InChI=1S/C21H30N6O2/c1-2-29-19(28)14-23-13-18(11-22)25-21-24-12-17-9-10-27(20(17)26-21)15-16-7-5-3-4-6-8-16/h9-13,16H,2-8,14-15,22H2,1H3,(H,24,25,26). The predicted octanol–water partition coefficient (Wildman–Crippen LogP) is 3.25. The highest BCUT2D eigenvalue weighted by Crippen LogP contribution is 2.26. The van der Waals surface area contributed by atoms with Crippen LogP contribution in [-0.2, 0) is 16.1 Å². The molecule has 1 aliphatic carbocycles. The second-order valence-corrected chi connectivity index (χ2v) is 7.32. The number of nitrogens with one attached hydrogen (secondary N) is 1. The minimum atomic E-state index is -0.380. The summed E-state index contributed by atoms with van der Waals surface area (Å²) in [5, 5.41) is 4.07. The largest absolute Gasteiger partial charge is 0.465 e. The molecule has 1 saturated carbocycles. The summed E-state index contributed by atoms with van der Waals surface area (Å²) in [7, 11) is 0. The van der Waals surface area contributed by atoms with Crippen LogP contribution in [-0.4, -0.2) is 39.9 Å². The molecular formula is C21H30N6O2. The smallest absolute Gasteiger partial charge is 0.327 e. The van der Waals surface area contributed by atoms with E-state index in [1.165, 1.54) is 50.9 Å². The SMILES string of the molecule is CCOC(=O)CN=CC(=CN)Nc1ncc2ccn(CC3CCCCCC3)c2n1. The molecule has 156 valence electrons. The van der Waals surface area contributed by atoms with Gasteiger partial charge < -0.3 is 20.4 Å². The highest BCUT2D eigenvalue weighted by atomic mass is 16.5. The van der Waals surface area contributed by atoms with Gasteiger partial charge in [0, 0.05) is 36.7 Å². The molecule has 0 bridgehead atoms. The first kappa shape index (κ1) is 20.8. The highest BCUT2D eigenvalue weighted by Gasteiger charge is 2.15. The number of rotatable bonds is 8. The Morgan fingerprint density at radius 3 is 2.90 bits per heavy atom. The van der Waals surface area contributed by atoms with Crippen LogP contribution in [0, 0.1) is 5.92 Å². The maximum atomic E-state index is 11.4. The Bertz CT molecular complexity index is 865. The summed E-state index contributed by atoms with van der Waals surface area (Å²) in [5.41, 5.74) is 7.08. The van der Waals surface area contributed by atoms with Crippen LogP contribution in [0.25, 0.3) is 11.0 Å². The molecule has 29 heavy (non-hydrogen) atoms. The Morgan fingerprint density at radius 2 is 2.17 bits per heavy atom. The number of esters is 1. The lowest BCUT2D eigenvalue weighted by molar-refractivity contribution is -0.141. The van der Waals surface area contributed by atoms with Crippen LogP contribution in [0.1, 0.15) is 45.4 Å². The summed E-state index contributed by atoms with van der Waals surface area (Å²) in [4.78, 5) is 24.5. The first-order valence-electron chi connectivity index (χ1n) is 10.4. The number of carbonyl (C=O) groups is 1. The Kier molecular flexibility index (Phi) is 7.61. The summed E-state index contributed by atoms with van der Waals surface area (Å²) in [5.74, 6) is 0.765. The van der Waals surface area contributed by atoms with Crippen LogP contribution in [0.2, 0.25) is 0 Å². The van der Waals surface area contributed by atoms with Crippen molar-refractivity contribution < 1.29 is 9.53 Å². The maximum Gasteiger partial charge on any atom is 0.327 e. The molecule has 2 aromatic rings. The van der Waals surface area contributed by atoms with Crippen molar-refractivity contribution >= 4 is 29.2 Å². The topological polar surface area (TPSA) is 107 Å². The van der Waals surface area contributed by atoms with Crippen LogP contribution in [0.3, 0.4) is 0 Å². The van der Waals surface area contributed by atoms with Crippen LogP contribution in [0.4, 0.5) is 5.95 Å². The molecule has 0 atom stereocenters. The van der Waals surface area contributed by atoms with Gasteiger partial charge in [0.2, 0.25) is 5.95 Å². The third-order valence-electron chi connectivity index (χ3n) is 5.12. The van der Waals surface area contributed by atoms with Gasteiger partial charge in [-0.1, -0.05) is 25.7 Å². The molecule has 0 aliphatic heterocycles. The van der Waals surface area contributed by atoms with Crippen LogP contribution in [0.15, 0.2) is 35.3 Å². The first-order valence-corrected chi connectivity index (χ1v) is 10.4. The number of allylic oxidation sites excluding steroid dienone is 1. The van der Waals surface area contributed by atoms with Crippen molar-refractivity contribution in [3.05, 3.63) is 30.4 Å². The summed E-state index contributed by atoms with van der Waals surface area (Å²) < 4.78 is 7.07. The van der Waals surface area contributed by atoms with Gasteiger partial charge in [0.05, 0.1) is 12.3 Å². The van der Waals surface area contributed by atoms with E-state index in [2.05, 4.69) is 37.1 Å². The highest BCUT2D eigenvalue weighted by molar-refractivity contribution is 5.85. The van der Waals surface area contributed by atoms with E-state index in [1.807, 2.05) is 0 Å². The van der Waals surface area contributed by atoms with E-state index in [4.69, 9.17) is 10.5 Å². The zero-order chi connectivity index (χ0) is 20.5. The number of fused-ring (bicyclic) bond motifs is 1. The van der Waals surface area contributed by atoms with Gasteiger partial charge in [0.1, 0.15) is 12.2 Å². The lowest BCUT2D eigenvalue weighted by atomic mass is 10.0. The van der Waals surface area contributed by atoms with Crippen molar-refractivity contribution in [3.8, 4) is 0 Å². The van der Waals surface area contributed by atoms with E-state index < -0.39 is 0 Å². The second-order valence-electron chi connectivity index (χ2n) is 7.32. The Hall–Kier alpha value is -2.90. The fraction of sp³-hybridized carbons (Fsp3) is 0.524.